The van der Waals surface area contributed by atoms with Crippen molar-refractivity contribution in [1.29, 1.82) is 0 Å². The third-order valence-corrected chi connectivity index (χ3v) is 3.77. The largest absolute Gasteiger partial charge is 0.481 e. The molecular formula is C16H25NO2. The highest BCUT2D eigenvalue weighted by atomic mass is 16.4. The van der Waals surface area contributed by atoms with Crippen LogP contribution < -0.4 is 0 Å². The lowest BCUT2D eigenvalue weighted by molar-refractivity contribution is -0.146. The van der Waals surface area contributed by atoms with Gasteiger partial charge in [0, 0.05) is 6.04 Å². The highest BCUT2D eigenvalue weighted by Gasteiger charge is 2.33. The van der Waals surface area contributed by atoms with Crippen LogP contribution in [0.1, 0.15) is 36.6 Å². The van der Waals surface area contributed by atoms with E-state index in [9.17, 15) is 9.90 Å². The van der Waals surface area contributed by atoms with E-state index in [4.69, 9.17) is 0 Å². The Hall–Kier alpha value is -1.35. The lowest BCUT2D eigenvalue weighted by Crippen LogP contribution is -2.35. The highest BCUT2D eigenvalue weighted by Crippen LogP contribution is 2.33. The van der Waals surface area contributed by atoms with E-state index in [1.54, 1.807) is 0 Å². The molecule has 0 saturated carbocycles. The van der Waals surface area contributed by atoms with E-state index in [-0.39, 0.29) is 12.0 Å². The summed E-state index contributed by atoms with van der Waals surface area (Å²) in [7, 11) is 3.89. The molecule has 1 aromatic rings. The van der Waals surface area contributed by atoms with Crippen LogP contribution in [0.4, 0.5) is 0 Å². The summed E-state index contributed by atoms with van der Waals surface area (Å²) in [5.74, 6) is -1.05. The van der Waals surface area contributed by atoms with Crippen LogP contribution in [0.25, 0.3) is 0 Å². The maximum absolute atomic E-state index is 11.6. The maximum atomic E-state index is 11.6. The van der Waals surface area contributed by atoms with Crippen molar-refractivity contribution < 1.29 is 9.90 Å². The Morgan fingerprint density at radius 1 is 1.16 bits per heavy atom. The van der Waals surface area contributed by atoms with E-state index in [1.807, 2.05) is 38.9 Å². The molecule has 3 nitrogen and oxygen atoms in total. The molecule has 3 heteroatoms. The number of hydrogen-bond donors (Lipinski definition) is 1. The molecule has 1 rings (SSSR count). The van der Waals surface area contributed by atoms with Gasteiger partial charge in [0.25, 0.3) is 0 Å². The van der Waals surface area contributed by atoms with E-state index >= 15 is 0 Å². The van der Waals surface area contributed by atoms with Gasteiger partial charge in [-0.15, -0.1) is 0 Å². The standard InChI is InChI=1S/C16H25NO2/c1-10(2)14(16(18)19)15(17(5)6)13-8-7-11(3)12(4)9-13/h7-10,14-15H,1-6H3,(H,18,19). The summed E-state index contributed by atoms with van der Waals surface area (Å²) in [5.41, 5.74) is 3.52. The van der Waals surface area contributed by atoms with Crippen molar-refractivity contribution in [3.8, 4) is 0 Å². The van der Waals surface area contributed by atoms with Crippen molar-refractivity contribution in [3.05, 3.63) is 34.9 Å². The van der Waals surface area contributed by atoms with Gasteiger partial charge in [-0.25, -0.2) is 0 Å². The van der Waals surface area contributed by atoms with Crippen molar-refractivity contribution in [2.24, 2.45) is 11.8 Å². The first kappa shape index (κ1) is 15.7. The minimum Gasteiger partial charge on any atom is -0.481 e. The zero-order valence-electron chi connectivity index (χ0n) is 12.8. The SMILES string of the molecule is Cc1ccc(C(C(C(=O)O)C(C)C)N(C)C)cc1C. The smallest absolute Gasteiger partial charge is 0.308 e. The average Bonchev–Trinajstić information content (AvgIpc) is 2.28. The lowest BCUT2D eigenvalue weighted by atomic mass is 9.83. The predicted octanol–water partition coefficient (Wildman–Crippen LogP) is 3.26. The number of nitrogens with zero attached hydrogens (tertiary/aromatic N) is 1. The maximum Gasteiger partial charge on any atom is 0.308 e. The molecule has 0 amide bonds. The molecule has 0 aliphatic carbocycles. The minimum atomic E-state index is -0.730. The molecule has 0 heterocycles. The third-order valence-electron chi connectivity index (χ3n) is 3.77. The summed E-state index contributed by atoms with van der Waals surface area (Å²) >= 11 is 0. The number of aliphatic carboxylic acids is 1. The molecule has 19 heavy (non-hydrogen) atoms. The van der Waals surface area contributed by atoms with Gasteiger partial charge in [-0.3, -0.25) is 4.79 Å². The molecule has 1 aromatic carbocycles. The predicted molar refractivity (Wildman–Crippen MR) is 78.3 cm³/mol. The molecule has 0 bridgehead atoms. The van der Waals surface area contributed by atoms with Crippen molar-refractivity contribution in [3.63, 3.8) is 0 Å². The molecular weight excluding hydrogens is 238 g/mol. The Bertz CT molecular complexity index is 452. The summed E-state index contributed by atoms with van der Waals surface area (Å²) in [6.07, 6.45) is 0. The molecule has 0 aromatic heterocycles. The van der Waals surface area contributed by atoms with Crippen LogP contribution in [0.5, 0.6) is 0 Å². The number of carbonyl (C=O) groups is 1. The molecule has 0 radical (unpaired) electrons. The quantitative estimate of drug-likeness (QED) is 0.886. The van der Waals surface area contributed by atoms with Crippen molar-refractivity contribution in [2.45, 2.75) is 33.7 Å². The fraction of sp³-hybridized carbons (Fsp3) is 0.562. The topological polar surface area (TPSA) is 40.5 Å². The Balaban J connectivity index is 3.26. The Kier molecular flexibility index (Phi) is 5.12. The van der Waals surface area contributed by atoms with E-state index in [2.05, 4.69) is 26.0 Å². The molecule has 0 spiro atoms. The normalized spacial score (nSPS) is 14.7. The lowest BCUT2D eigenvalue weighted by Gasteiger charge is -2.33. The van der Waals surface area contributed by atoms with Crippen LogP contribution >= 0.6 is 0 Å². The van der Waals surface area contributed by atoms with E-state index < -0.39 is 11.9 Å². The Morgan fingerprint density at radius 3 is 2.11 bits per heavy atom. The Labute approximate surface area is 116 Å². The molecule has 2 atom stereocenters. The van der Waals surface area contributed by atoms with Crippen molar-refractivity contribution in [1.82, 2.24) is 4.90 Å². The van der Waals surface area contributed by atoms with Gasteiger partial charge in [-0.2, -0.15) is 0 Å². The van der Waals surface area contributed by atoms with Crippen LogP contribution in [0.15, 0.2) is 18.2 Å². The summed E-state index contributed by atoms with van der Waals surface area (Å²) in [5, 5.41) is 9.52. The van der Waals surface area contributed by atoms with Gasteiger partial charge in [0.1, 0.15) is 0 Å². The number of rotatable bonds is 5. The van der Waals surface area contributed by atoms with Gasteiger partial charge >= 0.3 is 5.97 Å². The molecule has 0 saturated heterocycles. The summed E-state index contributed by atoms with van der Waals surface area (Å²) in [4.78, 5) is 13.6. The van der Waals surface area contributed by atoms with Crippen molar-refractivity contribution in [2.75, 3.05) is 14.1 Å². The summed E-state index contributed by atoms with van der Waals surface area (Å²) in [6.45, 7) is 8.07. The number of benzene rings is 1. The van der Waals surface area contributed by atoms with Crippen molar-refractivity contribution >= 4 is 5.97 Å². The van der Waals surface area contributed by atoms with Gasteiger partial charge < -0.3 is 10.0 Å². The average molecular weight is 263 g/mol. The van der Waals surface area contributed by atoms with Crippen LogP contribution in [0, 0.1) is 25.7 Å². The van der Waals surface area contributed by atoms with Gasteiger partial charge in [0.15, 0.2) is 0 Å². The van der Waals surface area contributed by atoms with E-state index in [0.29, 0.717) is 0 Å². The fourth-order valence-electron chi connectivity index (χ4n) is 2.56. The second kappa shape index (κ2) is 6.20. The van der Waals surface area contributed by atoms with Crippen LogP contribution in [0.2, 0.25) is 0 Å². The minimum absolute atomic E-state index is 0.0894. The first-order valence-electron chi connectivity index (χ1n) is 6.72. The van der Waals surface area contributed by atoms with Crippen LogP contribution in [0.3, 0.4) is 0 Å². The zero-order valence-corrected chi connectivity index (χ0v) is 12.8. The first-order valence-corrected chi connectivity index (χ1v) is 6.72. The first-order chi connectivity index (χ1) is 8.75. The van der Waals surface area contributed by atoms with E-state index in [0.717, 1.165) is 5.56 Å². The molecule has 0 aliphatic rings. The number of hydrogen-bond acceptors (Lipinski definition) is 2. The molecule has 106 valence electrons. The second-order valence-corrected chi connectivity index (χ2v) is 5.86. The van der Waals surface area contributed by atoms with Crippen LogP contribution in [-0.4, -0.2) is 30.1 Å². The highest BCUT2D eigenvalue weighted by molar-refractivity contribution is 5.71. The number of aryl methyl sites for hydroxylation is 2. The zero-order chi connectivity index (χ0) is 14.7. The Morgan fingerprint density at radius 2 is 1.74 bits per heavy atom. The molecule has 0 aliphatic heterocycles. The summed E-state index contributed by atoms with van der Waals surface area (Å²) in [6, 6.07) is 6.13. The van der Waals surface area contributed by atoms with E-state index in [1.165, 1.54) is 11.1 Å². The fourth-order valence-corrected chi connectivity index (χ4v) is 2.56. The number of carboxylic acid groups (broad SMARTS) is 1. The van der Waals surface area contributed by atoms with Gasteiger partial charge in [-0.1, -0.05) is 32.0 Å². The van der Waals surface area contributed by atoms with Gasteiger partial charge in [-0.05, 0) is 50.6 Å². The van der Waals surface area contributed by atoms with Gasteiger partial charge in [0.2, 0.25) is 0 Å². The third kappa shape index (κ3) is 3.57. The number of carboxylic acids is 1. The monoisotopic (exact) mass is 263 g/mol. The van der Waals surface area contributed by atoms with Gasteiger partial charge in [0.05, 0.1) is 5.92 Å². The molecule has 1 N–H and O–H groups in total. The van der Waals surface area contributed by atoms with Crippen LogP contribution in [-0.2, 0) is 4.79 Å². The molecule has 0 fully saturated rings. The molecule has 2 unspecified atom stereocenters. The summed E-state index contributed by atoms with van der Waals surface area (Å²) < 4.78 is 0. The second-order valence-electron chi connectivity index (χ2n) is 5.86.